The van der Waals surface area contributed by atoms with Gasteiger partial charge in [-0.1, -0.05) is 13.3 Å². The van der Waals surface area contributed by atoms with Crippen LogP contribution < -0.4 is 5.73 Å². The molecular weight excluding hydrogens is 298 g/mol. The minimum atomic E-state index is 0.251. The van der Waals surface area contributed by atoms with Crippen molar-refractivity contribution in [1.82, 2.24) is 14.7 Å². The molecule has 0 radical (unpaired) electrons. The lowest BCUT2D eigenvalue weighted by Crippen LogP contribution is -2.58. The number of guanidine groups is 1. The smallest absolute Gasteiger partial charge is 0.191 e. The van der Waals surface area contributed by atoms with Crippen LogP contribution in [0, 0.1) is 5.92 Å². The monoisotopic (exact) mass is 335 g/mol. The van der Waals surface area contributed by atoms with Crippen LogP contribution in [0.2, 0.25) is 0 Å². The standard InChI is InChI=1S/C19H37N5/c1-17-6-12-23(13-7-17)18(20)21-16-19(8-14-22(2)15-9-19)24-10-4-3-5-11-24/h17H,3-16H2,1-2H3,(H2,20,21). The number of likely N-dealkylation sites (tertiary alicyclic amines) is 3. The van der Waals surface area contributed by atoms with E-state index < -0.39 is 0 Å². The van der Waals surface area contributed by atoms with Crippen LogP contribution in [0.25, 0.3) is 0 Å². The summed E-state index contributed by atoms with van der Waals surface area (Å²) < 4.78 is 0. The van der Waals surface area contributed by atoms with E-state index in [0.717, 1.165) is 31.5 Å². The van der Waals surface area contributed by atoms with Gasteiger partial charge in [-0.25, -0.2) is 0 Å². The summed E-state index contributed by atoms with van der Waals surface area (Å²) in [7, 11) is 2.24. The third kappa shape index (κ3) is 4.23. The number of hydrogen-bond donors (Lipinski definition) is 1. The highest BCUT2D eigenvalue weighted by Crippen LogP contribution is 2.31. The van der Waals surface area contributed by atoms with Crippen molar-refractivity contribution in [2.24, 2.45) is 16.6 Å². The van der Waals surface area contributed by atoms with Gasteiger partial charge in [-0.2, -0.15) is 0 Å². The summed E-state index contributed by atoms with van der Waals surface area (Å²) in [6.45, 7) is 10.3. The molecule has 0 saturated carbocycles. The van der Waals surface area contributed by atoms with Crippen molar-refractivity contribution in [2.75, 3.05) is 52.9 Å². The van der Waals surface area contributed by atoms with Gasteiger partial charge in [0.2, 0.25) is 0 Å². The zero-order valence-electron chi connectivity index (χ0n) is 15.8. The first-order valence-corrected chi connectivity index (χ1v) is 10.1. The fourth-order valence-electron chi connectivity index (χ4n) is 4.54. The normalized spacial score (nSPS) is 28.2. The predicted octanol–water partition coefficient (Wildman–Crippen LogP) is 1.98. The second-order valence-electron chi connectivity index (χ2n) is 8.42. The number of nitrogens with two attached hydrogens (primary N) is 1. The molecule has 0 amide bonds. The molecule has 0 aromatic heterocycles. The van der Waals surface area contributed by atoms with Gasteiger partial charge in [0.1, 0.15) is 0 Å². The minimum absolute atomic E-state index is 0.251. The Morgan fingerprint density at radius 1 is 1.00 bits per heavy atom. The molecule has 2 N–H and O–H groups in total. The van der Waals surface area contributed by atoms with E-state index in [2.05, 4.69) is 28.7 Å². The fourth-order valence-corrected chi connectivity index (χ4v) is 4.54. The summed E-state index contributed by atoms with van der Waals surface area (Å²) in [6.07, 6.45) is 9.05. The molecule has 5 heteroatoms. The molecule has 3 rings (SSSR count). The van der Waals surface area contributed by atoms with Crippen LogP contribution in [0.4, 0.5) is 0 Å². The molecule has 24 heavy (non-hydrogen) atoms. The molecule has 0 atom stereocenters. The Kier molecular flexibility index (Phi) is 6.03. The third-order valence-electron chi connectivity index (χ3n) is 6.59. The SMILES string of the molecule is CC1CCN(C(N)=NCC2(N3CCCCC3)CCN(C)CC2)CC1. The Labute approximate surface area is 148 Å². The maximum absolute atomic E-state index is 6.37. The molecule has 3 aliphatic heterocycles. The van der Waals surface area contributed by atoms with Crippen molar-refractivity contribution >= 4 is 5.96 Å². The molecule has 138 valence electrons. The number of rotatable bonds is 3. The van der Waals surface area contributed by atoms with Crippen LogP contribution in [0.15, 0.2) is 4.99 Å². The van der Waals surface area contributed by atoms with Gasteiger partial charge in [-0.15, -0.1) is 0 Å². The second-order valence-corrected chi connectivity index (χ2v) is 8.42. The van der Waals surface area contributed by atoms with Crippen LogP contribution in [0.5, 0.6) is 0 Å². The zero-order chi connectivity index (χ0) is 17.0. The van der Waals surface area contributed by atoms with Crippen LogP contribution in [0.3, 0.4) is 0 Å². The number of aliphatic imine (C=N–C) groups is 1. The maximum Gasteiger partial charge on any atom is 0.191 e. The first-order valence-electron chi connectivity index (χ1n) is 10.1. The topological polar surface area (TPSA) is 48.1 Å². The van der Waals surface area contributed by atoms with Crippen molar-refractivity contribution < 1.29 is 0 Å². The van der Waals surface area contributed by atoms with E-state index in [0.29, 0.717) is 0 Å². The lowest BCUT2D eigenvalue weighted by molar-refractivity contribution is 0.0206. The Balaban J connectivity index is 1.66. The Morgan fingerprint density at radius 2 is 1.62 bits per heavy atom. The van der Waals surface area contributed by atoms with Gasteiger partial charge in [0, 0.05) is 18.6 Å². The summed E-state index contributed by atoms with van der Waals surface area (Å²) in [6, 6.07) is 0. The number of nitrogens with zero attached hydrogens (tertiary/aromatic N) is 4. The summed E-state index contributed by atoms with van der Waals surface area (Å²) in [5, 5.41) is 0. The summed E-state index contributed by atoms with van der Waals surface area (Å²) in [5.41, 5.74) is 6.62. The van der Waals surface area contributed by atoms with Gasteiger partial charge < -0.3 is 15.5 Å². The average Bonchev–Trinajstić information content (AvgIpc) is 2.63. The molecule has 5 nitrogen and oxygen atoms in total. The van der Waals surface area contributed by atoms with Gasteiger partial charge in [0.15, 0.2) is 5.96 Å². The molecule has 3 heterocycles. The number of piperidine rings is 3. The van der Waals surface area contributed by atoms with E-state index in [1.165, 1.54) is 71.1 Å². The Bertz CT molecular complexity index is 413. The molecule has 3 aliphatic rings. The molecule has 0 unspecified atom stereocenters. The molecule has 0 bridgehead atoms. The lowest BCUT2D eigenvalue weighted by Gasteiger charge is -2.49. The second kappa shape index (κ2) is 8.05. The highest BCUT2D eigenvalue weighted by molar-refractivity contribution is 5.78. The van der Waals surface area contributed by atoms with Crippen molar-refractivity contribution in [1.29, 1.82) is 0 Å². The summed E-state index contributed by atoms with van der Waals surface area (Å²) in [4.78, 5) is 12.4. The van der Waals surface area contributed by atoms with Crippen molar-refractivity contribution in [3.63, 3.8) is 0 Å². The van der Waals surface area contributed by atoms with E-state index in [-0.39, 0.29) is 5.54 Å². The van der Waals surface area contributed by atoms with Crippen LogP contribution in [-0.4, -0.2) is 79.1 Å². The number of hydrogen-bond acceptors (Lipinski definition) is 3. The zero-order valence-corrected chi connectivity index (χ0v) is 15.8. The summed E-state index contributed by atoms with van der Waals surface area (Å²) >= 11 is 0. The maximum atomic E-state index is 6.37. The molecule has 0 aromatic carbocycles. The predicted molar refractivity (Wildman–Crippen MR) is 101 cm³/mol. The van der Waals surface area contributed by atoms with Gasteiger partial charge in [-0.05, 0) is 77.7 Å². The first kappa shape index (κ1) is 18.0. The van der Waals surface area contributed by atoms with Crippen molar-refractivity contribution in [3.05, 3.63) is 0 Å². The van der Waals surface area contributed by atoms with E-state index in [1.54, 1.807) is 0 Å². The molecule has 0 aromatic rings. The van der Waals surface area contributed by atoms with Crippen molar-refractivity contribution in [3.8, 4) is 0 Å². The van der Waals surface area contributed by atoms with Gasteiger partial charge in [-0.3, -0.25) is 9.89 Å². The molecule has 0 spiro atoms. The average molecular weight is 336 g/mol. The quantitative estimate of drug-likeness (QED) is 0.633. The minimum Gasteiger partial charge on any atom is -0.370 e. The van der Waals surface area contributed by atoms with Gasteiger partial charge in [0.25, 0.3) is 0 Å². The van der Waals surface area contributed by atoms with E-state index in [1.807, 2.05) is 0 Å². The third-order valence-corrected chi connectivity index (χ3v) is 6.59. The molecular formula is C19H37N5. The summed E-state index contributed by atoms with van der Waals surface area (Å²) in [5.74, 6) is 1.62. The molecule has 0 aliphatic carbocycles. The Morgan fingerprint density at radius 3 is 2.25 bits per heavy atom. The molecule has 3 saturated heterocycles. The largest absolute Gasteiger partial charge is 0.370 e. The highest BCUT2D eigenvalue weighted by atomic mass is 15.3. The lowest BCUT2D eigenvalue weighted by atomic mass is 9.84. The first-order chi connectivity index (χ1) is 11.6. The van der Waals surface area contributed by atoms with Crippen LogP contribution >= 0.6 is 0 Å². The highest BCUT2D eigenvalue weighted by Gasteiger charge is 2.39. The van der Waals surface area contributed by atoms with Crippen LogP contribution in [0.1, 0.15) is 51.9 Å². The van der Waals surface area contributed by atoms with E-state index in [4.69, 9.17) is 10.7 Å². The van der Waals surface area contributed by atoms with E-state index in [9.17, 15) is 0 Å². The Hall–Kier alpha value is -0.810. The van der Waals surface area contributed by atoms with Gasteiger partial charge in [0.05, 0.1) is 6.54 Å². The van der Waals surface area contributed by atoms with E-state index >= 15 is 0 Å². The van der Waals surface area contributed by atoms with Gasteiger partial charge >= 0.3 is 0 Å². The van der Waals surface area contributed by atoms with Crippen LogP contribution in [-0.2, 0) is 0 Å². The fraction of sp³-hybridized carbons (Fsp3) is 0.947. The molecule has 3 fully saturated rings. The van der Waals surface area contributed by atoms with Crippen molar-refractivity contribution in [2.45, 2.75) is 57.4 Å².